The van der Waals surface area contributed by atoms with E-state index in [1.807, 2.05) is 12.4 Å². The van der Waals surface area contributed by atoms with Crippen molar-refractivity contribution in [3.8, 4) is 0 Å². The summed E-state index contributed by atoms with van der Waals surface area (Å²) >= 11 is 0. The highest BCUT2D eigenvalue weighted by Crippen LogP contribution is 2.13. The lowest BCUT2D eigenvalue weighted by Crippen LogP contribution is -2.10. The Labute approximate surface area is 79.6 Å². The maximum Gasteiger partial charge on any atom is 0.0549 e. The minimum atomic E-state index is 0.443. The Kier molecular flexibility index (Phi) is 3.55. The summed E-state index contributed by atoms with van der Waals surface area (Å²) in [7, 11) is 0. The summed E-state index contributed by atoms with van der Waals surface area (Å²) in [6.45, 7) is 7.22. The molecule has 0 spiro atoms. The van der Waals surface area contributed by atoms with Gasteiger partial charge in [-0.05, 0) is 26.8 Å². The van der Waals surface area contributed by atoms with E-state index in [9.17, 15) is 0 Å². The summed E-state index contributed by atoms with van der Waals surface area (Å²) in [5, 5.41) is 6.52. The van der Waals surface area contributed by atoms with Gasteiger partial charge in [0, 0.05) is 12.6 Å². The Morgan fingerprint density at radius 2 is 2.00 bits per heavy atom. The molecule has 0 fully saturated rings. The molecule has 3 nitrogen and oxygen atoms in total. The Bertz CT molecular complexity index is 258. The normalized spacial score (nSPS) is 10.2. The second kappa shape index (κ2) is 4.70. The van der Waals surface area contributed by atoms with Crippen molar-refractivity contribution in [2.45, 2.75) is 26.8 Å². The van der Waals surface area contributed by atoms with E-state index in [1.165, 1.54) is 0 Å². The quantitative estimate of drug-likeness (QED) is 0.745. The van der Waals surface area contributed by atoms with Crippen molar-refractivity contribution >= 4 is 11.4 Å². The smallest absolute Gasteiger partial charge is 0.0549 e. The number of hydrogen-bond acceptors (Lipinski definition) is 3. The van der Waals surface area contributed by atoms with Gasteiger partial charge in [-0.2, -0.15) is 0 Å². The lowest BCUT2D eigenvalue weighted by atomic mass is 10.3. The Balaban J connectivity index is 2.67. The van der Waals surface area contributed by atoms with Crippen LogP contribution in [0.25, 0.3) is 0 Å². The SMILES string of the molecule is CCNc1cncc(NC(C)C)c1. The van der Waals surface area contributed by atoms with Crippen LogP contribution in [-0.4, -0.2) is 17.6 Å². The van der Waals surface area contributed by atoms with Crippen LogP contribution in [0.5, 0.6) is 0 Å². The minimum Gasteiger partial charge on any atom is -0.384 e. The molecule has 1 aromatic heterocycles. The second-order valence-corrected chi connectivity index (χ2v) is 3.29. The molecule has 1 aromatic rings. The van der Waals surface area contributed by atoms with Crippen LogP contribution in [0.1, 0.15) is 20.8 Å². The van der Waals surface area contributed by atoms with Crippen molar-refractivity contribution in [3.05, 3.63) is 18.5 Å². The van der Waals surface area contributed by atoms with Crippen LogP contribution in [0.15, 0.2) is 18.5 Å². The van der Waals surface area contributed by atoms with Crippen molar-refractivity contribution in [2.24, 2.45) is 0 Å². The van der Waals surface area contributed by atoms with Crippen molar-refractivity contribution in [2.75, 3.05) is 17.2 Å². The summed E-state index contributed by atoms with van der Waals surface area (Å²) in [6.07, 6.45) is 3.66. The molecule has 0 aliphatic rings. The van der Waals surface area contributed by atoms with Crippen LogP contribution in [0.3, 0.4) is 0 Å². The molecule has 1 rings (SSSR count). The lowest BCUT2D eigenvalue weighted by Gasteiger charge is -2.10. The summed E-state index contributed by atoms with van der Waals surface area (Å²) < 4.78 is 0. The highest BCUT2D eigenvalue weighted by atomic mass is 14.9. The molecule has 0 bridgehead atoms. The number of hydrogen-bond donors (Lipinski definition) is 2. The third-order valence-corrected chi connectivity index (χ3v) is 1.57. The molecule has 13 heavy (non-hydrogen) atoms. The van der Waals surface area contributed by atoms with Crippen LogP contribution in [-0.2, 0) is 0 Å². The molecule has 2 N–H and O–H groups in total. The van der Waals surface area contributed by atoms with Gasteiger partial charge in [0.05, 0.1) is 23.8 Å². The van der Waals surface area contributed by atoms with E-state index in [0.717, 1.165) is 17.9 Å². The molecular formula is C10H17N3. The number of nitrogens with zero attached hydrogens (tertiary/aromatic N) is 1. The lowest BCUT2D eigenvalue weighted by molar-refractivity contribution is 0.898. The monoisotopic (exact) mass is 179 g/mol. The fraction of sp³-hybridized carbons (Fsp3) is 0.500. The molecule has 0 saturated heterocycles. The van der Waals surface area contributed by atoms with Gasteiger partial charge in [0.15, 0.2) is 0 Å². The van der Waals surface area contributed by atoms with Gasteiger partial charge in [-0.25, -0.2) is 0 Å². The van der Waals surface area contributed by atoms with Crippen LogP contribution < -0.4 is 10.6 Å². The Morgan fingerprint density at radius 3 is 2.62 bits per heavy atom. The average Bonchev–Trinajstić information content (AvgIpc) is 2.04. The Morgan fingerprint density at radius 1 is 1.31 bits per heavy atom. The summed E-state index contributed by atoms with van der Waals surface area (Å²) in [5.74, 6) is 0. The number of anilines is 2. The van der Waals surface area contributed by atoms with Gasteiger partial charge in [-0.1, -0.05) is 0 Å². The second-order valence-electron chi connectivity index (χ2n) is 3.29. The average molecular weight is 179 g/mol. The molecule has 0 radical (unpaired) electrons. The molecule has 3 heteroatoms. The van der Waals surface area contributed by atoms with Crippen LogP contribution >= 0.6 is 0 Å². The minimum absolute atomic E-state index is 0.443. The van der Waals surface area contributed by atoms with E-state index in [-0.39, 0.29) is 0 Å². The third-order valence-electron chi connectivity index (χ3n) is 1.57. The summed E-state index contributed by atoms with van der Waals surface area (Å²) in [6, 6.07) is 2.51. The Hall–Kier alpha value is -1.25. The fourth-order valence-electron chi connectivity index (χ4n) is 1.15. The standard InChI is InChI=1S/C10H17N3/c1-4-12-9-5-10(7-11-6-9)13-8(2)3/h5-8,12-13H,4H2,1-3H3. The highest BCUT2D eigenvalue weighted by molar-refractivity contribution is 5.54. The van der Waals surface area contributed by atoms with Crippen molar-refractivity contribution in [1.29, 1.82) is 0 Å². The maximum atomic E-state index is 4.13. The predicted molar refractivity (Wildman–Crippen MR) is 57.2 cm³/mol. The zero-order valence-corrected chi connectivity index (χ0v) is 8.46. The van der Waals surface area contributed by atoms with Gasteiger partial charge >= 0.3 is 0 Å². The summed E-state index contributed by atoms with van der Waals surface area (Å²) in [4.78, 5) is 4.13. The van der Waals surface area contributed by atoms with E-state index in [4.69, 9.17) is 0 Å². The van der Waals surface area contributed by atoms with Crippen LogP contribution in [0, 0.1) is 0 Å². The fourth-order valence-corrected chi connectivity index (χ4v) is 1.15. The molecule has 0 unspecified atom stereocenters. The highest BCUT2D eigenvalue weighted by Gasteiger charge is 1.96. The van der Waals surface area contributed by atoms with Gasteiger partial charge < -0.3 is 10.6 Å². The zero-order valence-electron chi connectivity index (χ0n) is 8.46. The van der Waals surface area contributed by atoms with Gasteiger partial charge in [0.25, 0.3) is 0 Å². The van der Waals surface area contributed by atoms with Crippen molar-refractivity contribution in [3.63, 3.8) is 0 Å². The molecule has 72 valence electrons. The first-order chi connectivity index (χ1) is 6.22. The van der Waals surface area contributed by atoms with Crippen LogP contribution in [0.4, 0.5) is 11.4 Å². The van der Waals surface area contributed by atoms with Crippen molar-refractivity contribution in [1.82, 2.24) is 4.98 Å². The molecule has 0 aromatic carbocycles. The predicted octanol–water partition coefficient (Wildman–Crippen LogP) is 2.33. The third kappa shape index (κ3) is 3.32. The molecule has 0 amide bonds. The first kappa shape index (κ1) is 9.84. The molecule has 0 saturated carbocycles. The molecular weight excluding hydrogens is 162 g/mol. The molecule has 0 atom stereocenters. The first-order valence-electron chi connectivity index (χ1n) is 4.68. The van der Waals surface area contributed by atoms with E-state index < -0.39 is 0 Å². The topological polar surface area (TPSA) is 37.0 Å². The van der Waals surface area contributed by atoms with E-state index in [0.29, 0.717) is 6.04 Å². The van der Waals surface area contributed by atoms with Gasteiger partial charge in [-0.15, -0.1) is 0 Å². The molecule has 0 aliphatic carbocycles. The van der Waals surface area contributed by atoms with Crippen molar-refractivity contribution < 1.29 is 0 Å². The number of rotatable bonds is 4. The zero-order chi connectivity index (χ0) is 9.68. The van der Waals surface area contributed by atoms with E-state index in [2.05, 4.69) is 42.5 Å². The summed E-state index contributed by atoms with van der Waals surface area (Å²) in [5.41, 5.74) is 2.13. The number of pyridine rings is 1. The number of aromatic nitrogens is 1. The largest absolute Gasteiger partial charge is 0.384 e. The van der Waals surface area contributed by atoms with Gasteiger partial charge in [-0.3, -0.25) is 4.98 Å². The molecule has 1 heterocycles. The van der Waals surface area contributed by atoms with Gasteiger partial charge in [0.2, 0.25) is 0 Å². The van der Waals surface area contributed by atoms with Crippen LogP contribution in [0.2, 0.25) is 0 Å². The number of nitrogens with one attached hydrogen (secondary N) is 2. The van der Waals surface area contributed by atoms with Gasteiger partial charge in [0.1, 0.15) is 0 Å². The van der Waals surface area contributed by atoms with E-state index in [1.54, 1.807) is 0 Å². The first-order valence-corrected chi connectivity index (χ1v) is 4.68. The molecule has 0 aliphatic heterocycles. The van der Waals surface area contributed by atoms with E-state index >= 15 is 0 Å². The maximum absolute atomic E-state index is 4.13.